The van der Waals surface area contributed by atoms with Crippen LogP contribution in [0, 0.1) is 0 Å². The number of nitrogens with one attached hydrogen (secondary N) is 5. The Balaban J connectivity index is 1.40. The quantitative estimate of drug-likeness (QED) is 0.158. The number of ether oxygens (including phenoxy) is 3. The summed E-state index contributed by atoms with van der Waals surface area (Å²) in [6.45, 7) is 1.65. The third-order valence-corrected chi connectivity index (χ3v) is 8.92. The number of benzene rings is 3. The number of nitrogen functional groups attached to an aromatic ring is 1. The van der Waals surface area contributed by atoms with Gasteiger partial charge in [0.05, 0.1) is 20.8 Å². The standard InChI is InChI=1S/C39H46N8O8/c1-24-36(49)42-22-27-12-14-28(20-32(27)54-3)55-33-19-26(13-16-31(33)53-2)37(50)41-17-7-8-18-47(39(52)30-21-34(40)46-45-30)23-35(48)44-29(38(51)43-24)15-11-25-9-5-4-6-10-25/h4-6,9-10,12-14,16,19-21,24,29H,7-8,11,15,17-18,22-23H2,1-3H3,(H,41,50)(H,42,49)(H,43,51)(H,44,48)(H3,40,45,46)/t24-,29-/m0/s1. The molecule has 6 rings (SSSR count). The third-order valence-electron chi connectivity index (χ3n) is 8.92. The van der Waals surface area contributed by atoms with Crippen LogP contribution in [0.5, 0.6) is 23.0 Å². The largest absolute Gasteiger partial charge is 0.496 e. The molecule has 5 amide bonds. The first-order chi connectivity index (χ1) is 26.5. The lowest BCUT2D eigenvalue weighted by Gasteiger charge is -2.25. The van der Waals surface area contributed by atoms with Gasteiger partial charge in [-0.25, -0.2) is 0 Å². The van der Waals surface area contributed by atoms with Crippen LogP contribution in [0.4, 0.5) is 5.82 Å². The van der Waals surface area contributed by atoms with Crippen LogP contribution in [0.1, 0.15) is 58.2 Å². The van der Waals surface area contributed by atoms with E-state index in [2.05, 4.69) is 31.5 Å². The SMILES string of the molecule is COc1cc2ccc1CNC(=O)[C@H](C)NC(=O)[C@H](CCc1ccccc1)NC(=O)CN(C(=O)c1cc(N)n[nH]1)CCCCNC(=O)c1ccc(OC)c(c1)O2. The van der Waals surface area contributed by atoms with E-state index in [1.165, 1.54) is 25.2 Å². The van der Waals surface area contributed by atoms with Gasteiger partial charge in [0.2, 0.25) is 17.7 Å². The van der Waals surface area contributed by atoms with E-state index in [-0.39, 0.29) is 50.0 Å². The summed E-state index contributed by atoms with van der Waals surface area (Å²) in [7, 11) is 2.98. The van der Waals surface area contributed by atoms with Gasteiger partial charge in [0.1, 0.15) is 35.1 Å². The number of nitrogens with zero attached hydrogens (tertiary/aromatic N) is 2. The molecule has 2 aliphatic heterocycles. The lowest BCUT2D eigenvalue weighted by molar-refractivity contribution is -0.132. The molecular formula is C39H46N8O8. The highest BCUT2D eigenvalue weighted by atomic mass is 16.5. The second-order valence-corrected chi connectivity index (χ2v) is 12.9. The summed E-state index contributed by atoms with van der Waals surface area (Å²) in [4.78, 5) is 68.4. The van der Waals surface area contributed by atoms with E-state index in [0.29, 0.717) is 53.4 Å². The molecule has 0 radical (unpaired) electrons. The third kappa shape index (κ3) is 11.0. The molecule has 2 aliphatic rings. The molecule has 2 atom stereocenters. The van der Waals surface area contributed by atoms with Crippen molar-refractivity contribution in [2.75, 3.05) is 39.6 Å². The number of fused-ring (bicyclic) bond motifs is 18. The van der Waals surface area contributed by atoms with E-state index in [1.807, 2.05) is 30.3 Å². The number of aromatic nitrogens is 2. The lowest BCUT2D eigenvalue weighted by atomic mass is 10.0. The van der Waals surface area contributed by atoms with Gasteiger partial charge in [-0.05, 0) is 68.5 Å². The number of methoxy groups -OCH3 is 2. The van der Waals surface area contributed by atoms with Gasteiger partial charge in [0, 0.05) is 42.9 Å². The maximum Gasteiger partial charge on any atom is 0.272 e. The van der Waals surface area contributed by atoms with E-state index in [0.717, 1.165) is 5.56 Å². The Labute approximate surface area is 318 Å². The molecule has 16 heteroatoms. The first-order valence-corrected chi connectivity index (χ1v) is 17.9. The Morgan fingerprint density at radius 1 is 0.909 bits per heavy atom. The van der Waals surface area contributed by atoms with Crippen molar-refractivity contribution in [3.63, 3.8) is 0 Å². The van der Waals surface area contributed by atoms with Crippen molar-refractivity contribution in [3.05, 3.63) is 95.2 Å². The van der Waals surface area contributed by atoms with Crippen molar-refractivity contribution < 1.29 is 38.2 Å². The molecule has 16 nitrogen and oxygen atoms in total. The lowest BCUT2D eigenvalue weighted by Crippen LogP contribution is -2.54. The van der Waals surface area contributed by atoms with Gasteiger partial charge in [-0.1, -0.05) is 30.3 Å². The highest BCUT2D eigenvalue weighted by molar-refractivity contribution is 5.97. The van der Waals surface area contributed by atoms with Crippen molar-refractivity contribution in [1.29, 1.82) is 0 Å². The summed E-state index contributed by atoms with van der Waals surface area (Å²) in [6, 6.07) is 18.7. The molecule has 0 fully saturated rings. The van der Waals surface area contributed by atoms with Gasteiger partial charge in [-0.15, -0.1) is 0 Å². The molecule has 290 valence electrons. The number of hydrogen-bond acceptors (Lipinski definition) is 10. The number of carbonyl (C=O) groups excluding carboxylic acids is 5. The number of carbonyl (C=O) groups is 5. The minimum absolute atomic E-state index is 0.0709. The number of aromatic amines is 1. The fourth-order valence-electron chi connectivity index (χ4n) is 5.91. The van der Waals surface area contributed by atoms with Gasteiger partial charge >= 0.3 is 0 Å². The number of hydrogen-bond donors (Lipinski definition) is 6. The van der Waals surface area contributed by atoms with Crippen LogP contribution in [-0.2, 0) is 27.3 Å². The Morgan fingerprint density at radius 3 is 2.42 bits per heavy atom. The van der Waals surface area contributed by atoms with E-state index in [1.54, 1.807) is 43.3 Å². The second-order valence-electron chi connectivity index (χ2n) is 12.9. The van der Waals surface area contributed by atoms with Crippen LogP contribution in [0.2, 0.25) is 0 Å². The number of H-pyrrole nitrogens is 1. The van der Waals surface area contributed by atoms with E-state index < -0.39 is 35.7 Å². The van der Waals surface area contributed by atoms with Crippen LogP contribution in [0.15, 0.2) is 72.8 Å². The van der Waals surface area contributed by atoms with Gasteiger partial charge in [0.15, 0.2) is 11.5 Å². The van der Waals surface area contributed by atoms with Gasteiger partial charge in [-0.2, -0.15) is 5.10 Å². The predicted octanol–water partition coefficient (Wildman–Crippen LogP) is 2.71. The maximum atomic E-state index is 13.7. The number of aryl methyl sites for hydroxylation is 1. The van der Waals surface area contributed by atoms with Gasteiger partial charge in [-0.3, -0.25) is 29.1 Å². The van der Waals surface area contributed by atoms with Gasteiger partial charge in [0.25, 0.3) is 11.8 Å². The number of amides is 5. The Bertz CT molecular complexity index is 1990. The highest BCUT2D eigenvalue weighted by Crippen LogP contribution is 2.35. The zero-order valence-corrected chi connectivity index (χ0v) is 31.0. The number of rotatable bonds is 6. The topological polar surface area (TPSA) is 219 Å². The first-order valence-electron chi connectivity index (χ1n) is 17.9. The molecule has 0 spiro atoms. The Hall–Kier alpha value is -6.58. The van der Waals surface area contributed by atoms with E-state index in [4.69, 9.17) is 19.9 Å². The molecule has 1 aromatic heterocycles. The van der Waals surface area contributed by atoms with Crippen molar-refractivity contribution in [1.82, 2.24) is 36.4 Å². The molecule has 7 N–H and O–H groups in total. The molecule has 0 aliphatic carbocycles. The molecule has 0 saturated heterocycles. The van der Waals surface area contributed by atoms with Crippen LogP contribution < -0.4 is 41.2 Å². The van der Waals surface area contributed by atoms with Gasteiger partial charge < -0.3 is 46.1 Å². The molecule has 4 aromatic rings. The minimum Gasteiger partial charge on any atom is -0.496 e. The van der Waals surface area contributed by atoms with Crippen molar-refractivity contribution >= 4 is 35.4 Å². The maximum absolute atomic E-state index is 13.7. The van der Waals surface area contributed by atoms with Crippen LogP contribution in [-0.4, -0.2) is 90.6 Å². The fourth-order valence-corrected chi connectivity index (χ4v) is 5.91. The smallest absolute Gasteiger partial charge is 0.272 e. The number of nitrogens with two attached hydrogens (primary N) is 1. The normalized spacial score (nSPS) is 17.7. The van der Waals surface area contributed by atoms with Crippen LogP contribution in [0.25, 0.3) is 0 Å². The van der Waals surface area contributed by atoms with Crippen molar-refractivity contribution in [2.45, 2.75) is 51.2 Å². The van der Waals surface area contributed by atoms with E-state index >= 15 is 0 Å². The minimum atomic E-state index is -1.03. The molecule has 4 bridgehead atoms. The average molecular weight is 755 g/mol. The predicted molar refractivity (Wildman–Crippen MR) is 203 cm³/mol. The summed E-state index contributed by atoms with van der Waals surface area (Å²) in [5, 5.41) is 17.6. The molecule has 3 heterocycles. The van der Waals surface area contributed by atoms with Crippen LogP contribution in [0.3, 0.4) is 0 Å². The molecular weight excluding hydrogens is 708 g/mol. The Kier molecular flexibility index (Phi) is 13.7. The highest BCUT2D eigenvalue weighted by Gasteiger charge is 2.27. The molecule has 0 saturated carbocycles. The second kappa shape index (κ2) is 19.0. The summed E-state index contributed by atoms with van der Waals surface area (Å²) < 4.78 is 17.2. The average Bonchev–Trinajstić information content (AvgIpc) is 3.63. The molecule has 0 unspecified atom stereocenters. The molecule has 3 aromatic carbocycles. The zero-order valence-electron chi connectivity index (χ0n) is 31.0. The van der Waals surface area contributed by atoms with Crippen molar-refractivity contribution in [2.24, 2.45) is 0 Å². The van der Waals surface area contributed by atoms with Crippen LogP contribution >= 0.6 is 0 Å². The first kappa shape index (κ1) is 39.6. The fraction of sp³-hybridized carbons (Fsp3) is 0.333. The van der Waals surface area contributed by atoms with E-state index in [9.17, 15) is 24.0 Å². The zero-order chi connectivity index (χ0) is 39.3. The Morgan fingerprint density at radius 2 is 1.69 bits per heavy atom. The summed E-state index contributed by atoms with van der Waals surface area (Å²) in [6.07, 6.45) is 1.57. The monoisotopic (exact) mass is 754 g/mol. The molecule has 55 heavy (non-hydrogen) atoms. The summed E-state index contributed by atoms with van der Waals surface area (Å²) >= 11 is 0. The summed E-state index contributed by atoms with van der Waals surface area (Å²) in [5.41, 5.74) is 7.75. The van der Waals surface area contributed by atoms with Crippen molar-refractivity contribution in [3.8, 4) is 23.0 Å². The summed E-state index contributed by atoms with van der Waals surface area (Å²) in [5.74, 6) is -0.861. The number of anilines is 1.